The van der Waals surface area contributed by atoms with Crippen LogP contribution in [-0.4, -0.2) is 39.2 Å². The van der Waals surface area contributed by atoms with Crippen molar-refractivity contribution >= 4 is 23.4 Å². The molecule has 0 saturated heterocycles. The average molecular weight is 314 g/mol. The number of hydrogen-bond donors (Lipinski definition) is 1. The summed E-state index contributed by atoms with van der Waals surface area (Å²) in [6.45, 7) is 8.87. The van der Waals surface area contributed by atoms with Gasteiger partial charge in [-0.3, -0.25) is 4.90 Å². The Morgan fingerprint density at radius 3 is 2.38 bits per heavy atom. The second-order valence-corrected chi connectivity index (χ2v) is 6.74. The summed E-state index contributed by atoms with van der Waals surface area (Å²) in [4.78, 5) is 29.6. The van der Waals surface area contributed by atoms with Gasteiger partial charge in [-0.1, -0.05) is 6.92 Å². The highest BCUT2D eigenvalue weighted by atomic mass is 32.1. The van der Waals surface area contributed by atoms with Crippen LogP contribution in [0.2, 0.25) is 0 Å². The molecule has 1 atom stereocenters. The lowest BCUT2D eigenvalue weighted by Crippen LogP contribution is -2.54. The van der Waals surface area contributed by atoms with Gasteiger partial charge in [0.05, 0.1) is 0 Å². The topological polar surface area (TPSA) is 79.7 Å². The minimum Gasteiger partial charge on any atom is -0.479 e. The molecule has 0 radical (unpaired) electrons. The maximum absolute atomic E-state index is 12.4. The van der Waals surface area contributed by atoms with Crippen molar-refractivity contribution in [3.05, 3.63) is 16.6 Å². The number of aliphatic carboxylic acids is 1. The molecule has 0 spiro atoms. The Balaban J connectivity index is 3.22. The van der Waals surface area contributed by atoms with E-state index in [1.165, 1.54) is 29.4 Å². The maximum atomic E-state index is 12.4. The zero-order chi connectivity index (χ0) is 16.3. The number of nitrogens with zero attached hydrogens (tertiary/aromatic N) is 2. The van der Waals surface area contributed by atoms with Crippen LogP contribution in [0.15, 0.2) is 11.6 Å². The van der Waals surface area contributed by atoms with E-state index in [-0.39, 0.29) is 6.54 Å². The summed E-state index contributed by atoms with van der Waals surface area (Å²) in [6, 6.07) is 0. The van der Waals surface area contributed by atoms with Gasteiger partial charge in [0, 0.05) is 18.1 Å². The molecule has 0 fully saturated rings. The number of hydrogen-bond acceptors (Lipinski definition) is 5. The number of carbonyl (C=O) groups is 2. The van der Waals surface area contributed by atoms with Gasteiger partial charge in [-0.15, -0.1) is 11.3 Å². The van der Waals surface area contributed by atoms with E-state index in [1.54, 1.807) is 26.2 Å². The number of amides is 1. The lowest BCUT2D eigenvalue weighted by atomic mass is 10.0. The van der Waals surface area contributed by atoms with Crippen LogP contribution in [0.3, 0.4) is 0 Å². The summed E-state index contributed by atoms with van der Waals surface area (Å²) >= 11 is 1.21. The molecule has 1 heterocycles. The molecule has 1 aromatic rings. The molecule has 1 amide bonds. The van der Waals surface area contributed by atoms with E-state index in [4.69, 9.17) is 4.74 Å². The molecule has 0 aromatic carbocycles. The smallest absolute Gasteiger partial charge is 0.411 e. The molecule has 0 aliphatic rings. The lowest BCUT2D eigenvalue weighted by Gasteiger charge is -2.37. The predicted octanol–water partition coefficient (Wildman–Crippen LogP) is 3.09. The molecule has 1 unspecified atom stereocenters. The Bertz CT molecular complexity index is 496. The van der Waals surface area contributed by atoms with Crippen molar-refractivity contribution in [1.82, 2.24) is 9.88 Å². The fraction of sp³-hybridized carbons (Fsp3) is 0.643. The Labute approximate surface area is 128 Å². The third-order valence-corrected chi connectivity index (χ3v) is 3.85. The van der Waals surface area contributed by atoms with Gasteiger partial charge in [-0.25, -0.2) is 14.6 Å². The molecule has 0 aliphatic heterocycles. The highest BCUT2D eigenvalue weighted by Crippen LogP contribution is 2.32. The summed E-state index contributed by atoms with van der Waals surface area (Å²) in [5, 5.41) is 11.7. The Kier molecular flexibility index (Phi) is 5.33. The third kappa shape index (κ3) is 3.93. The Morgan fingerprint density at radius 1 is 1.38 bits per heavy atom. The van der Waals surface area contributed by atoms with Crippen molar-refractivity contribution in [2.24, 2.45) is 0 Å². The largest absolute Gasteiger partial charge is 0.479 e. The summed E-state index contributed by atoms with van der Waals surface area (Å²) in [5.41, 5.74) is -2.22. The molecule has 0 bridgehead atoms. The van der Waals surface area contributed by atoms with Crippen LogP contribution >= 0.6 is 11.3 Å². The van der Waals surface area contributed by atoms with Crippen LogP contribution in [-0.2, 0) is 15.1 Å². The molecule has 0 saturated carbocycles. The van der Waals surface area contributed by atoms with E-state index in [0.717, 1.165) is 0 Å². The molecular formula is C14H22N2O4S. The Morgan fingerprint density at radius 2 is 2.00 bits per heavy atom. The van der Waals surface area contributed by atoms with Crippen LogP contribution < -0.4 is 0 Å². The second kappa shape index (κ2) is 6.43. The zero-order valence-electron chi connectivity index (χ0n) is 13.0. The molecule has 0 aliphatic carbocycles. The summed E-state index contributed by atoms with van der Waals surface area (Å²) < 4.78 is 5.35. The molecule has 7 heteroatoms. The average Bonchev–Trinajstić information content (AvgIpc) is 2.86. The molecule has 6 nitrogen and oxygen atoms in total. The SMILES string of the molecule is CCCN(C(=O)OC(C)(C)C)C(C)(C(=O)O)c1nccs1. The minimum atomic E-state index is -1.54. The van der Waals surface area contributed by atoms with Gasteiger partial charge in [-0.05, 0) is 34.1 Å². The molecular weight excluding hydrogens is 292 g/mol. The third-order valence-electron chi connectivity index (χ3n) is 2.87. The molecule has 21 heavy (non-hydrogen) atoms. The van der Waals surface area contributed by atoms with Crippen molar-refractivity contribution in [3.63, 3.8) is 0 Å². The standard InChI is InChI=1S/C14H22N2O4S/c1-6-8-16(12(19)20-13(2,3)4)14(5,11(17)18)10-15-7-9-21-10/h7,9H,6,8H2,1-5H3,(H,17,18). The van der Waals surface area contributed by atoms with Crippen LogP contribution in [0.25, 0.3) is 0 Å². The van der Waals surface area contributed by atoms with E-state index in [2.05, 4.69) is 4.98 Å². The van der Waals surface area contributed by atoms with Crippen molar-refractivity contribution in [1.29, 1.82) is 0 Å². The molecule has 118 valence electrons. The molecule has 1 aromatic heterocycles. The lowest BCUT2D eigenvalue weighted by molar-refractivity contribution is -0.151. The zero-order valence-corrected chi connectivity index (χ0v) is 13.9. The normalized spacial score (nSPS) is 14.3. The number of ether oxygens (including phenoxy) is 1. The number of carbonyl (C=O) groups excluding carboxylic acids is 1. The maximum Gasteiger partial charge on any atom is 0.411 e. The summed E-state index contributed by atoms with van der Waals surface area (Å²) in [5.74, 6) is -1.13. The number of carboxylic acids is 1. The van der Waals surface area contributed by atoms with Gasteiger partial charge in [0.2, 0.25) is 0 Å². The van der Waals surface area contributed by atoms with Crippen LogP contribution in [0, 0.1) is 0 Å². The first-order valence-electron chi connectivity index (χ1n) is 6.77. The van der Waals surface area contributed by atoms with Crippen LogP contribution in [0.1, 0.15) is 46.0 Å². The highest BCUT2D eigenvalue weighted by Gasteiger charge is 2.47. The van der Waals surface area contributed by atoms with E-state index in [1.807, 2.05) is 6.92 Å². The summed E-state index contributed by atoms with van der Waals surface area (Å²) in [7, 11) is 0. The van der Waals surface area contributed by atoms with Gasteiger partial charge in [-0.2, -0.15) is 0 Å². The first-order chi connectivity index (χ1) is 9.63. The first kappa shape index (κ1) is 17.4. The minimum absolute atomic E-state index is 0.275. The quantitative estimate of drug-likeness (QED) is 0.903. The van der Waals surface area contributed by atoms with Gasteiger partial charge in [0.25, 0.3) is 0 Å². The first-order valence-corrected chi connectivity index (χ1v) is 7.65. The number of rotatable bonds is 5. The van der Waals surface area contributed by atoms with E-state index in [9.17, 15) is 14.7 Å². The van der Waals surface area contributed by atoms with Gasteiger partial charge >= 0.3 is 12.1 Å². The number of carboxylic acid groups (broad SMARTS) is 1. The van der Waals surface area contributed by atoms with Crippen molar-refractivity contribution in [2.45, 2.75) is 52.2 Å². The summed E-state index contributed by atoms with van der Waals surface area (Å²) in [6.07, 6.45) is 1.50. The highest BCUT2D eigenvalue weighted by molar-refractivity contribution is 7.09. The van der Waals surface area contributed by atoms with E-state index >= 15 is 0 Å². The van der Waals surface area contributed by atoms with Crippen LogP contribution in [0.5, 0.6) is 0 Å². The second-order valence-electron chi connectivity index (χ2n) is 5.85. The fourth-order valence-electron chi connectivity index (χ4n) is 1.82. The van der Waals surface area contributed by atoms with E-state index in [0.29, 0.717) is 11.4 Å². The Hall–Kier alpha value is -1.63. The molecule has 1 N–H and O–H groups in total. The van der Waals surface area contributed by atoms with Crippen molar-refractivity contribution < 1.29 is 19.4 Å². The van der Waals surface area contributed by atoms with Gasteiger partial charge < -0.3 is 9.84 Å². The number of thiazole rings is 1. The van der Waals surface area contributed by atoms with Crippen molar-refractivity contribution in [3.8, 4) is 0 Å². The predicted molar refractivity (Wildman–Crippen MR) is 80.3 cm³/mol. The van der Waals surface area contributed by atoms with E-state index < -0.39 is 23.2 Å². The van der Waals surface area contributed by atoms with Crippen molar-refractivity contribution in [2.75, 3.05) is 6.54 Å². The number of aromatic nitrogens is 1. The monoisotopic (exact) mass is 314 g/mol. The van der Waals surface area contributed by atoms with Gasteiger partial charge in [0.1, 0.15) is 10.6 Å². The van der Waals surface area contributed by atoms with Crippen LogP contribution in [0.4, 0.5) is 4.79 Å². The molecule has 1 rings (SSSR count). The fourth-order valence-corrected chi connectivity index (χ4v) is 2.62. The van der Waals surface area contributed by atoms with Gasteiger partial charge in [0.15, 0.2) is 5.54 Å².